The molecule has 1 aromatic heterocycles. The number of piperidine rings is 1. The number of likely N-dealkylation sites (tertiary alicyclic amines) is 2. The third kappa shape index (κ3) is 4.77. The number of aromatic nitrogens is 1. The van der Waals surface area contributed by atoms with Crippen LogP contribution in [0.4, 0.5) is 11.4 Å². The molecule has 0 radical (unpaired) electrons. The Hall–Kier alpha value is -3.53. The summed E-state index contributed by atoms with van der Waals surface area (Å²) in [5, 5.41) is 16.9. The average molecular weight is 552 g/mol. The quantitative estimate of drug-likeness (QED) is 0.358. The lowest BCUT2D eigenvalue weighted by atomic mass is 10.1. The van der Waals surface area contributed by atoms with E-state index in [1.54, 1.807) is 28.3 Å². The van der Waals surface area contributed by atoms with Crippen LogP contribution in [0, 0.1) is 10.1 Å². The Kier molecular flexibility index (Phi) is 6.86. The van der Waals surface area contributed by atoms with E-state index in [1.807, 2.05) is 24.3 Å². The number of amides is 2. The topological polar surface area (TPSA) is 109 Å². The molecule has 0 unspecified atom stereocenters. The van der Waals surface area contributed by atoms with Crippen molar-refractivity contribution in [3.63, 3.8) is 0 Å². The van der Waals surface area contributed by atoms with E-state index >= 15 is 0 Å². The molecule has 2 fully saturated rings. The minimum Gasteiger partial charge on any atom is -0.374 e. The van der Waals surface area contributed by atoms with Crippen molar-refractivity contribution in [2.24, 2.45) is 0 Å². The lowest BCUT2D eigenvalue weighted by Crippen LogP contribution is -2.36. The molecule has 5 rings (SSSR count). The largest absolute Gasteiger partial charge is 0.374 e. The predicted octanol–water partition coefficient (Wildman–Crippen LogP) is 4.86. The number of nitro groups is 1. The van der Waals surface area contributed by atoms with Gasteiger partial charge in [0.15, 0.2) is 0 Å². The Labute approximate surface area is 216 Å². The van der Waals surface area contributed by atoms with Gasteiger partial charge in [-0.2, -0.15) is 0 Å². The molecule has 0 saturated carbocycles. The van der Waals surface area contributed by atoms with Crippen LogP contribution in [0.5, 0.6) is 0 Å². The maximum atomic E-state index is 13.4. The van der Waals surface area contributed by atoms with Crippen molar-refractivity contribution in [1.29, 1.82) is 0 Å². The molecule has 3 aromatic rings. The van der Waals surface area contributed by atoms with Crippen LogP contribution in [-0.4, -0.2) is 63.7 Å². The molecule has 3 heterocycles. The smallest absolute Gasteiger partial charge is 0.294 e. The highest BCUT2D eigenvalue weighted by molar-refractivity contribution is 9.10. The summed E-state index contributed by atoms with van der Waals surface area (Å²) in [4.78, 5) is 45.9. The summed E-state index contributed by atoms with van der Waals surface area (Å²) >= 11 is 3.33. The monoisotopic (exact) mass is 551 g/mol. The molecule has 36 heavy (non-hydrogen) atoms. The van der Waals surface area contributed by atoms with Crippen LogP contribution in [0.1, 0.15) is 46.4 Å². The molecule has 9 nitrogen and oxygen atoms in total. The third-order valence-electron chi connectivity index (χ3n) is 6.88. The van der Waals surface area contributed by atoms with Crippen LogP contribution in [0.25, 0.3) is 10.8 Å². The molecule has 0 aliphatic carbocycles. The van der Waals surface area contributed by atoms with Crippen molar-refractivity contribution in [2.75, 3.05) is 31.5 Å². The van der Waals surface area contributed by atoms with Crippen molar-refractivity contribution in [3.8, 4) is 0 Å². The van der Waals surface area contributed by atoms with Crippen LogP contribution in [0.3, 0.4) is 0 Å². The van der Waals surface area contributed by atoms with E-state index in [9.17, 15) is 19.7 Å². The molecule has 1 N–H and O–H groups in total. The minimum absolute atomic E-state index is 0.126. The molecule has 2 aliphatic heterocycles. The van der Waals surface area contributed by atoms with E-state index in [0.717, 1.165) is 30.0 Å². The SMILES string of the molecule is O=C(c1cc(Br)cc([N+](=O)[O-])c1N[C@@H]1CCN(C(=O)c2cncc3ccccc23)C1)N1CCCCC1. The summed E-state index contributed by atoms with van der Waals surface area (Å²) in [5.74, 6) is -0.340. The first kappa shape index (κ1) is 24.2. The molecule has 10 heteroatoms. The number of nitrogens with zero attached hydrogens (tertiary/aromatic N) is 4. The van der Waals surface area contributed by atoms with Gasteiger partial charge in [0.05, 0.1) is 16.1 Å². The summed E-state index contributed by atoms with van der Waals surface area (Å²) in [6.07, 6.45) is 6.84. The highest BCUT2D eigenvalue weighted by atomic mass is 79.9. The Morgan fingerprint density at radius 2 is 1.75 bits per heavy atom. The van der Waals surface area contributed by atoms with Gasteiger partial charge in [-0.3, -0.25) is 24.7 Å². The number of hydrogen-bond acceptors (Lipinski definition) is 6. The number of hydrogen-bond donors (Lipinski definition) is 1. The number of benzene rings is 2. The molecule has 2 amide bonds. The molecule has 2 saturated heterocycles. The molecule has 0 spiro atoms. The lowest BCUT2D eigenvalue weighted by Gasteiger charge is -2.28. The fourth-order valence-electron chi connectivity index (χ4n) is 5.05. The molecule has 1 atom stereocenters. The van der Waals surface area contributed by atoms with Gasteiger partial charge in [-0.1, -0.05) is 40.2 Å². The number of fused-ring (bicyclic) bond motifs is 1. The first-order valence-corrected chi connectivity index (χ1v) is 12.9. The molecular weight excluding hydrogens is 526 g/mol. The maximum Gasteiger partial charge on any atom is 0.294 e. The summed E-state index contributed by atoms with van der Waals surface area (Å²) in [6.45, 7) is 2.15. The van der Waals surface area contributed by atoms with Crippen LogP contribution in [-0.2, 0) is 0 Å². The van der Waals surface area contributed by atoms with Gasteiger partial charge >= 0.3 is 0 Å². The summed E-state index contributed by atoms with van der Waals surface area (Å²) in [6, 6.07) is 10.4. The molecule has 2 aliphatic rings. The van der Waals surface area contributed by atoms with Crippen molar-refractivity contribution in [3.05, 3.63) is 74.5 Å². The second-order valence-electron chi connectivity index (χ2n) is 9.25. The highest BCUT2D eigenvalue weighted by Crippen LogP contribution is 2.35. The van der Waals surface area contributed by atoms with Gasteiger partial charge < -0.3 is 15.1 Å². The van der Waals surface area contributed by atoms with Crippen LogP contribution in [0.15, 0.2) is 53.3 Å². The number of pyridine rings is 1. The van der Waals surface area contributed by atoms with E-state index in [0.29, 0.717) is 42.6 Å². The number of nitrogens with one attached hydrogen (secondary N) is 1. The van der Waals surface area contributed by atoms with E-state index in [1.165, 1.54) is 6.07 Å². The summed E-state index contributed by atoms with van der Waals surface area (Å²) < 4.78 is 0.479. The van der Waals surface area contributed by atoms with E-state index in [4.69, 9.17) is 0 Å². The zero-order valence-electron chi connectivity index (χ0n) is 19.7. The highest BCUT2D eigenvalue weighted by Gasteiger charge is 2.32. The minimum atomic E-state index is -0.472. The predicted molar refractivity (Wildman–Crippen MR) is 140 cm³/mol. The maximum absolute atomic E-state index is 13.4. The van der Waals surface area contributed by atoms with Crippen molar-refractivity contribution >= 4 is 49.9 Å². The van der Waals surface area contributed by atoms with E-state index < -0.39 is 4.92 Å². The molecule has 2 aromatic carbocycles. The first-order chi connectivity index (χ1) is 17.4. The van der Waals surface area contributed by atoms with Crippen LogP contribution < -0.4 is 5.32 Å². The second kappa shape index (κ2) is 10.2. The molecule has 0 bridgehead atoms. The van der Waals surface area contributed by atoms with Crippen LogP contribution >= 0.6 is 15.9 Å². The van der Waals surface area contributed by atoms with Gasteiger partial charge in [0, 0.05) is 60.5 Å². The van der Waals surface area contributed by atoms with E-state index in [2.05, 4.69) is 26.2 Å². The summed E-state index contributed by atoms with van der Waals surface area (Å²) in [7, 11) is 0. The number of nitro benzene ring substituents is 1. The number of carbonyl (C=O) groups is 2. The summed E-state index contributed by atoms with van der Waals surface area (Å²) in [5.41, 5.74) is 0.864. The van der Waals surface area contributed by atoms with Crippen molar-refractivity contribution in [2.45, 2.75) is 31.7 Å². The van der Waals surface area contributed by atoms with Gasteiger partial charge in [-0.05, 0) is 37.1 Å². The standard InChI is InChI=1S/C26H26BrN5O4/c27-18-12-21(25(33)30-9-4-1-5-10-30)24(23(13-18)32(35)36)29-19-8-11-31(16-19)26(34)22-15-28-14-17-6-2-3-7-20(17)22/h2-3,6-7,12-15,19,29H,1,4-5,8-11,16H2/t19-/m1/s1. The number of rotatable bonds is 5. The van der Waals surface area contributed by atoms with Gasteiger partial charge in [-0.15, -0.1) is 0 Å². The van der Waals surface area contributed by atoms with E-state index in [-0.39, 0.29) is 34.8 Å². The second-order valence-corrected chi connectivity index (χ2v) is 10.2. The first-order valence-electron chi connectivity index (χ1n) is 12.1. The van der Waals surface area contributed by atoms with Gasteiger partial charge in [0.2, 0.25) is 0 Å². The third-order valence-corrected chi connectivity index (χ3v) is 7.33. The lowest BCUT2D eigenvalue weighted by molar-refractivity contribution is -0.384. The Morgan fingerprint density at radius 1 is 1.00 bits per heavy atom. The Balaban J connectivity index is 1.40. The normalized spacial score (nSPS) is 17.9. The molecular formula is C26H26BrN5O4. The fraction of sp³-hybridized carbons (Fsp3) is 0.346. The number of carbonyl (C=O) groups excluding carboxylic acids is 2. The fourth-order valence-corrected chi connectivity index (χ4v) is 5.49. The van der Waals surface area contributed by atoms with Gasteiger partial charge in [0.25, 0.3) is 17.5 Å². The van der Waals surface area contributed by atoms with Gasteiger partial charge in [0.1, 0.15) is 5.69 Å². The van der Waals surface area contributed by atoms with Gasteiger partial charge in [-0.25, -0.2) is 0 Å². The number of halogens is 1. The molecule has 186 valence electrons. The van der Waals surface area contributed by atoms with Crippen molar-refractivity contribution in [1.82, 2.24) is 14.8 Å². The van der Waals surface area contributed by atoms with Crippen LogP contribution in [0.2, 0.25) is 0 Å². The van der Waals surface area contributed by atoms with Crippen molar-refractivity contribution < 1.29 is 14.5 Å². The number of anilines is 1. The zero-order valence-corrected chi connectivity index (χ0v) is 21.2. The average Bonchev–Trinajstić information content (AvgIpc) is 3.37. The Bertz CT molecular complexity index is 1340. The zero-order chi connectivity index (χ0) is 25.2. The Morgan fingerprint density at radius 3 is 2.53 bits per heavy atom.